The van der Waals surface area contributed by atoms with Gasteiger partial charge >= 0.3 is 0 Å². The molecule has 0 aliphatic carbocycles. The summed E-state index contributed by atoms with van der Waals surface area (Å²) in [5.74, 6) is 0.166. The molecular weight excluding hydrogens is 481 g/mol. The first-order valence-corrected chi connectivity index (χ1v) is 13.3. The average molecular weight is 516 g/mol. The fourth-order valence-electron chi connectivity index (χ4n) is 4.74. The molecule has 3 aromatic carbocycles. The molecule has 6 nitrogen and oxygen atoms in total. The summed E-state index contributed by atoms with van der Waals surface area (Å²) in [7, 11) is 0. The molecule has 0 aliphatic heterocycles. The molecular formula is C31H34FN3O3. The zero-order chi connectivity index (χ0) is 27.1. The number of aromatic nitrogens is 2. The van der Waals surface area contributed by atoms with Crippen LogP contribution in [-0.2, 0) is 0 Å². The van der Waals surface area contributed by atoms with Gasteiger partial charge in [-0.3, -0.25) is 14.2 Å². The Morgan fingerprint density at radius 3 is 2.37 bits per heavy atom. The van der Waals surface area contributed by atoms with Crippen molar-refractivity contribution in [1.29, 1.82) is 0 Å². The number of para-hydroxylation sites is 1. The van der Waals surface area contributed by atoms with Crippen molar-refractivity contribution in [1.82, 2.24) is 14.5 Å². The van der Waals surface area contributed by atoms with Gasteiger partial charge in [0.2, 0.25) is 0 Å². The van der Waals surface area contributed by atoms with E-state index in [-0.39, 0.29) is 11.1 Å². The van der Waals surface area contributed by atoms with E-state index in [0.29, 0.717) is 47.7 Å². The smallest absolute Gasteiger partial charge is 0.266 e. The second-order valence-electron chi connectivity index (χ2n) is 9.16. The topological polar surface area (TPSA) is 64.4 Å². The molecule has 1 heterocycles. The summed E-state index contributed by atoms with van der Waals surface area (Å²) in [6.07, 6.45) is 3.15. The van der Waals surface area contributed by atoms with Gasteiger partial charge in [0, 0.05) is 6.54 Å². The Balaban J connectivity index is 1.91. The zero-order valence-electron chi connectivity index (χ0n) is 22.2. The maximum Gasteiger partial charge on any atom is 0.266 e. The highest BCUT2D eigenvalue weighted by atomic mass is 19.1. The molecule has 198 valence electrons. The van der Waals surface area contributed by atoms with Crippen LogP contribution < -0.4 is 10.3 Å². The summed E-state index contributed by atoms with van der Waals surface area (Å²) >= 11 is 0. The van der Waals surface area contributed by atoms with Crippen molar-refractivity contribution in [3.63, 3.8) is 0 Å². The van der Waals surface area contributed by atoms with Crippen molar-refractivity contribution in [2.24, 2.45) is 0 Å². The summed E-state index contributed by atoms with van der Waals surface area (Å²) in [5.41, 5.74) is 0.968. The Morgan fingerprint density at radius 1 is 0.974 bits per heavy atom. The zero-order valence-corrected chi connectivity index (χ0v) is 22.2. The van der Waals surface area contributed by atoms with Crippen LogP contribution >= 0.6 is 0 Å². The standard InChI is InChI=1S/C31H34FN3O3/c1-4-7-12-21-34(30(36)24-13-8-10-15-26(24)32)28(5-2)29-33-27-16-11-9-14-25(27)31(37)35(29)22-17-19-23(20-18-22)38-6-3/h8-11,13-20,28H,4-7,12,21H2,1-3H3. The third-order valence-corrected chi connectivity index (χ3v) is 6.64. The third kappa shape index (κ3) is 5.62. The van der Waals surface area contributed by atoms with Crippen molar-refractivity contribution in [3.05, 3.63) is 100 Å². The van der Waals surface area contributed by atoms with Crippen LogP contribution in [0.1, 0.15) is 68.7 Å². The lowest BCUT2D eigenvalue weighted by molar-refractivity contribution is 0.0650. The summed E-state index contributed by atoms with van der Waals surface area (Å²) in [6.45, 7) is 6.91. The second kappa shape index (κ2) is 12.5. The summed E-state index contributed by atoms with van der Waals surface area (Å²) in [4.78, 5) is 34.3. The van der Waals surface area contributed by atoms with Crippen LogP contribution in [0, 0.1) is 5.82 Å². The number of fused-ring (bicyclic) bond motifs is 1. The lowest BCUT2D eigenvalue weighted by Gasteiger charge is -2.32. The van der Waals surface area contributed by atoms with Crippen LogP contribution in [0.5, 0.6) is 5.75 Å². The lowest BCUT2D eigenvalue weighted by atomic mass is 10.1. The lowest BCUT2D eigenvalue weighted by Crippen LogP contribution is -2.39. The molecule has 0 bridgehead atoms. The molecule has 0 radical (unpaired) electrons. The van der Waals surface area contributed by atoms with Crippen molar-refractivity contribution < 1.29 is 13.9 Å². The van der Waals surface area contributed by atoms with E-state index in [1.54, 1.807) is 33.7 Å². The van der Waals surface area contributed by atoms with Crippen LogP contribution in [0.15, 0.2) is 77.6 Å². The molecule has 0 N–H and O–H groups in total. The van der Waals surface area contributed by atoms with Crippen LogP contribution in [0.2, 0.25) is 0 Å². The maximum atomic E-state index is 14.7. The van der Waals surface area contributed by atoms with Gasteiger partial charge in [0.05, 0.1) is 34.8 Å². The molecule has 1 unspecified atom stereocenters. The maximum absolute atomic E-state index is 14.7. The van der Waals surface area contributed by atoms with Gasteiger partial charge in [0.25, 0.3) is 11.5 Å². The van der Waals surface area contributed by atoms with E-state index in [2.05, 4.69) is 6.92 Å². The Labute approximate surface area is 222 Å². The number of hydrogen-bond acceptors (Lipinski definition) is 4. The van der Waals surface area contributed by atoms with Crippen LogP contribution in [0.25, 0.3) is 16.6 Å². The van der Waals surface area contributed by atoms with E-state index >= 15 is 0 Å². The summed E-state index contributed by atoms with van der Waals surface area (Å²) in [5, 5.41) is 0.484. The Morgan fingerprint density at radius 2 is 1.68 bits per heavy atom. The van der Waals surface area contributed by atoms with Gasteiger partial charge < -0.3 is 9.64 Å². The van der Waals surface area contributed by atoms with Gasteiger partial charge in [-0.1, -0.05) is 51.0 Å². The molecule has 38 heavy (non-hydrogen) atoms. The van der Waals surface area contributed by atoms with Crippen LogP contribution in [0.3, 0.4) is 0 Å². The minimum Gasteiger partial charge on any atom is -0.494 e. The Kier molecular flexibility index (Phi) is 8.89. The number of benzene rings is 3. The summed E-state index contributed by atoms with van der Waals surface area (Å²) in [6, 6.07) is 19.9. The van der Waals surface area contributed by atoms with Crippen molar-refractivity contribution in [2.45, 2.75) is 52.5 Å². The molecule has 0 fully saturated rings. The molecule has 0 saturated carbocycles. The van der Waals surface area contributed by atoms with E-state index in [4.69, 9.17) is 9.72 Å². The molecule has 0 saturated heterocycles. The van der Waals surface area contributed by atoms with Gasteiger partial charge in [0.15, 0.2) is 0 Å². The van der Waals surface area contributed by atoms with E-state index in [1.165, 1.54) is 12.1 Å². The quantitative estimate of drug-likeness (QED) is 0.208. The number of hydrogen-bond donors (Lipinski definition) is 0. The average Bonchev–Trinajstić information content (AvgIpc) is 2.93. The number of carbonyl (C=O) groups is 1. The molecule has 1 aromatic heterocycles. The number of nitrogens with zero attached hydrogens (tertiary/aromatic N) is 3. The highest BCUT2D eigenvalue weighted by molar-refractivity contribution is 5.94. The number of ether oxygens (including phenoxy) is 1. The van der Waals surface area contributed by atoms with Crippen molar-refractivity contribution >= 4 is 16.8 Å². The first-order valence-electron chi connectivity index (χ1n) is 13.3. The molecule has 0 aliphatic rings. The third-order valence-electron chi connectivity index (χ3n) is 6.64. The number of rotatable bonds is 11. The first-order chi connectivity index (χ1) is 18.5. The Hall–Kier alpha value is -4.00. The predicted octanol–water partition coefficient (Wildman–Crippen LogP) is 6.71. The molecule has 7 heteroatoms. The van der Waals surface area contributed by atoms with Crippen molar-refractivity contribution in [2.75, 3.05) is 13.2 Å². The van der Waals surface area contributed by atoms with Gasteiger partial charge in [-0.25, -0.2) is 9.37 Å². The summed E-state index contributed by atoms with van der Waals surface area (Å²) < 4.78 is 21.9. The van der Waals surface area contributed by atoms with Crippen LogP contribution in [0.4, 0.5) is 4.39 Å². The van der Waals surface area contributed by atoms with Gasteiger partial charge in [-0.15, -0.1) is 0 Å². The van der Waals surface area contributed by atoms with E-state index in [1.807, 2.05) is 50.2 Å². The molecule has 4 rings (SSSR count). The van der Waals surface area contributed by atoms with Gasteiger partial charge in [-0.2, -0.15) is 0 Å². The minimum absolute atomic E-state index is 0.0122. The number of unbranched alkanes of at least 4 members (excludes halogenated alkanes) is 2. The fourth-order valence-corrected chi connectivity index (χ4v) is 4.74. The predicted molar refractivity (Wildman–Crippen MR) is 149 cm³/mol. The second-order valence-corrected chi connectivity index (χ2v) is 9.16. The van der Waals surface area contributed by atoms with E-state index in [9.17, 15) is 14.0 Å². The first kappa shape index (κ1) is 27.0. The molecule has 4 aromatic rings. The largest absolute Gasteiger partial charge is 0.494 e. The highest BCUT2D eigenvalue weighted by Gasteiger charge is 2.30. The molecule has 0 spiro atoms. The van der Waals surface area contributed by atoms with E-state index < -0.39 is 17.8 Å². The van der Waals surface area contributed by atoms with Crippen molar-refractivity contribution in [3.8, 4) is 11.4 Å². The van der Waals surface area contributed by atoms with Gasteiger partial charge in [0.1, 0.15) is 17.4 Å². The monoisotopic (exact) mass is 515 g/mol. The number of halogens is 1. The molecule has 1 atom stereocenters. The van der Waals surface area contributed by atoms with Crippen LogP contribution in [-0.4, -0.2) is 33.5 Å². The SMILES string of the molecule is CCCCCN(C(=O)c1ccccc1F)C(CC)c1nc2ccccc2c(=O)n1-c1ccc(OCC)cc1. The Bertz CT molecular complexity index is 1450. The normalized spacial score (nSPS) is 11.9. The van der Waals surface area contributed by atoms with E-state index in [0.717, 1.165) is 19.3 Å². The fraction of sp³-hybridized carbons (Fsp3) is 0.323. The highest BCUT2D eigenvalue weighted by Crippen LogP contribution is 2.29. The minimum atomic E-state index is -0.566. The molecule has 1 amide bonds. The number of amides is 1. The van der Waals surface area contributed by atoms with Gasteiger partial charge in [-0.05, 0) is 68.3 Å². The number of carbonyl (C=O) groups excluding carboxylic acids is 1.